The van der Waals surface area contributed by atoms with Gasteiger partial charge in [0.05, 0.1) is 12.8 Å². The Morgan fingerprint density at radius 1 is 1.14 bits per heavy atom. The van der Waals surface area contributed by atoms with Gasteiger partial charge in [-0.05, 0) is 42.8 Å². The first kappa shape index (κ1) is 14.6. The molecule has 4 nitrogen and oxygen atoms in total. The zero-order chi connectivity index (χ0) is 15.5. The molecule has 22 heavy (non-hydrogen) atoms. The second kappa shape index (κ2) is 6.20. The number of hydrogen-bond acceptors (Lipinski definition) is 4. The molecule has 0 saturated heterocycles. The Morgan fingerprint density at radius 2 is 2.00 bits per heavy atom. The van der Waals surface area contributed by atoms with E-state index < -0.39 is 0 Å². The topological polar surface area (TPSA) is 46.6 Å². The normalized spacial score (nSPS) is 11.4. The van der Waals surface area contributed by atoms with Gasteiger partial charge < -0.3 is 8.83 Å². The Labute approximate surface area is 129 Å². The van der Waals surface area contributed by atoms with E-state index in [0.717, 1.165) is 28.7 Å². The van der Waals surface area contributed by atoms with Gasteiger partial charge in [-0.3, -0.25) is 4.90 Å². The van der Waals surface area contributed by atoms with Crippen LogP contribution in [0.1, 0.15) is 23.8 Å². The van der Waals surface area contributed by atoms with Crippen LogP contribution >= 0.6 is 0 Å². The van der Waals surface area contributed by atoms with Crippen molar-refractivity contribution in [1.82, 2.24) is 4.90 Å². The van der Waals surface area contributed by atoms with Gasteiger partial charge in [-0.25, -0.2) is 4.79 Å². The maximum atomic E-state index is 11.8. The highest BCUT2D eigenvalue weighted by Crippen LogP contribution is 2.20. The monoisotopic (exact) mass is 297 g/mol. The van der Waals surface area contributed by atoms with E-state index in [1.807, 2.05) is 31.3 Å². The van der Waals surface area contributed by atoms with Crippen molar-refractivity contribution >= 4 is 11.0 Å². The highest BCUT2D eigenvalue weighted by Gasteiger charge is 2.10. The molecule has 2 aromatic heterocycles. The Kier molecular flexibility index (Phi) is 4.11. The van der Waals surface area contributed by atoms with Crippen LogP contribution in [-0.4, -0.2) is 11.9 Å². The van der Waals surface area contributed by atoms with Gasteiger partial charge in [0.15, 0.2) is 0 Å². The average Bonchev–Trinajstić information content (AvgIpc) is 2.99. The number of hydrogen-bond donors (Lipinski definition) is 0. The van der Waals surface area contributed by atoms with E-state index in [1.165, 1.54) is 0 Å². The number of benzene rings is 1. The van der Waals surface area contributed by atoms with Gasteiger partial charge in [0.25, 0.3) is 0 Å². The Balaban J connectivity index is 1.90. The lowest BCUT2D eigenvalue weighted by Crippen LogP contribution is -2.18. The molecule has 4 heteroatoms. The molecule has 2 heterocycles. The lowest BCUT2D eigenvalue weighted by atomic mass is 10.1. The standard InChI is InChI=1S/C18H19NO3/c1-3-13-6-7-16-14(10-18(20)22-17(16)9-13)11-19(2)12-15-5-4-8-21-15/h4-10H,3,11-12H2,1-2H3. The minimum atomic E-state index is -0.304. The van der Waals surface area contributed by atoms with Crippen LogP contribution < -0.4 is 5.63 Å². The average molecular weight is 297 g/mol. The molecule has 0 aliphatic heterocycles. The third-order valence-electron chi connectivity index (χ3n) is 3.75. The highest BCUT2D eigenvalue weighted by molar-refractivity contribution is 5.80. The Bertz CT molecular complexity index is 818. The molecule has 0 radical (unpaired) electrons. The van der Waals surface area contributed by atoms with Crippen molar-refractivity contribution in [3.63, 3.8) is 0 Å². The quantitative estimate of drug-likeness (QED) is 0.675. The van der Waals surface area contributed by atoms with Crippen LogP contribution in [0.2, 0.25) is 0 Å². The molecule has 0 N–H and O–H groups in total. The molecular weight excluding hydrogens is 278 g/mol. The first-order chi connectivity index (χ1) is 10.7. The van der Waals surface area contributed by atoms with E-state index in [1.54, 1.807) is 12.3 Å². The van der Waals surface area contributed by atoms with Crippen molar-refractivity contribution in [2.24, 2.45) is 0 Å². The maximum absolute atomic E-state index is 11.8. The van der Waals surface area contributed by atoms with Gasteiger partial charge in [-0.15, -0.1) is 0 Å². The minimum Gasteiger partial charge on any atom is -0.468 e. The van der Waals surface area contributed by atoms with Crippen molar-refractivity contribution in [3.05, 3.63) is 70.0 Å². The summed E-state index contributed by atoms with van der Waals surface area (Å²) >= 11 is 0. The van der Waals surface area contributed by atoms with E-state index in [0.29, 0.717) is 18.7 Å². The maximum Gasteiger partial charge on any atom is 0.336 e. The van der Waals surface area contributed by atoms with Crippen molar-refractivity contribution in [2.45, 2.75) is 26.4 Å². The predicted octanol–water partition coefficient (Wildman–Crippen LogP) is 3.58. The Morgan fingerprint density at radius 3 is 2.73 bits per heavy atom. The number of fused-ring (bicyclic) bond motifs is 1. The molecule has 0 bridgehead atoms. The number of furan rings is 1. The second-order valence-electron chi connectivity index (χ2n) is 5.53. The minimum absolute atomic E-state index is 0.304. The molecule has 3 rings (SSSR count). The van der Waals surface area contributed by atoms with Gasteiger partial charge in [0, 0.05) is 18.0 Å². The van der Waals surface area contributed by atoms with E-state index in [2.05, 4.69) is 17.9 Å². The lowest BCUT2D eigenvalue weighted by Gasteiger charge is -2.16. The van der Waals surface area contributed by atoms with Gasteiger partial charge in [-0.1, -0.05) is 19.1 Å². The predicted molar refractivity (Wildman–Crippen MR) is 85.7 cm³/mol. The summed E-state index contributed by atoms with van der Waals surface area (Å²) in [6.45, 7) is 3.44. The van der Waals surface area contributed by atoms with Gasteiger partial charge in [0.2, 0.25) is 0 Å². The van der Waals surface area contributed by atoms with Gasteiger partial charge in [0.1, 0.15) is 11.3 Å². The summed E-state index contributed by atoms with van der Waals surface area (Å²) in [5.74, 6) is 0.906. The first-order valence-electron chi connectivity index (χ1n) is 7.42. The summed E-state index contributed by atoms with van der Waals surface area (Å²) in [6, 6.07) is 11.5. The summed E-state index contributed by atoms with van der Waals surface area (Å²) in [7, 11) is 2.00. The van der Waals surface area contributed by atoms with Crippen LogP contribution in [0, 0.1) is 0 Å². The largest absolute Gasteiger partial charge is 0.468 e. The van der Waals surface area contributed by atoms with Gasteiger partial charge in [-0.2, -0.15) is 0 Å². The highest BCUT2D eigenvalue weighted by atomic mass is 16.4. The summed E-state index contributed by atoms with van der Waals surface area (Å²) in [5, 5.41) is 0.989. The van der Waals surface area contributed by atoms with Crippen molar-refractivity contribution < 1.29 is 8.83 Å². The van der Waals surface area contributed by atoms with Crippen LogP contribution in [-0.2, 0) is 19.5 Å². The van der Waals surface area contributed by atoms with Crippen LogP contribution in [0.3, 0.4) is 0 Å². The van der Waals surface area contributed by atoms with Gasteiger partial charge >= 0.3 is 5.63 Å². The summed E-state index contributed by atoms with van der Waals surface area (Å²) in [4.78, 5) is 13.9. The molecule has 3 aromatic rings. The fourth-order valence-electron chi connectivity index (χ4n) is 2.64. The van der Waals surface area contributed by atoms with Crippen molar-refractivity contribution in [3.8, 4) is 0 Å². The van der Waals surface area contributed by atoms with E-state index >= 15 is 0 Å². The third kappa shape index (κ3) is 3.12. The van der Waals surface area contributed by atoms with Crippen LogP contribution in [0.5, 0.6) is 0 Å². The molecule has 0 spiro atoms. The van der Waals surface area contributed by atoms with Crippen LogP contribution in [0.4, 0.5) is 0 Å². The van der Waals surface area contributed by atoms with Crippen molar-refractivity contribution in [1.29, 1.82) is 0 Å². The lowest BCUT2D eigenvalue weighted by molar-refractivity contribution is 0.288. The molecule has 0 fully saturated rings. The van der Waals surface area contributed by atoms with Crippen molar-refractivity contribution in [2.75, 3.05) is 7.05 Å². The molecule has 0 saturated carbocycles. The fraction of sp³-hybridized carbons (Fsp3) is 0.278. The van der Waals surface area contributed by atoms with Crippen LogP contribution in [0.25, 0.3) is 11.0 Å². The number of aryl methyl sites for hydroxylation is 1. The molecule has 0 amide bonds. The summed E-state index contributed by atoms with van der Waals surface area (Å²) in [6.07, 6.45) is 2.59. The Hall–Kier alpha value is -2.33. The smallest absolute Gasteiger partial charge is 0.336 e. The van der Waals surface area contributed by atoms with E-state index in [9.17, 15) is 4.79 Å². The number of nitrogens with zero attached hydrogens (tertiary/aromatic N) is 1. The van der Waals surface area contributed by atoms with Crippen LogP contribution in [0.15, 0.2) is 56.3 Å². The molecule has 0 aliphatic carbocycles. The molecule has 0 atom stereocenters. The molecule has 1 aromatic carbocycles. The molecule has 0 unspecified atom stereocenters. The third-order valence-corrected chi connectivity index (χ3v) is 3.75. The SMILES string of the molecule is CCc1ccc2c(CN(C)Cc3ccco3)cc(=O)oc2c1. The molecule has 0 aliphatic rings. The number of rotatable bonds is 5. The molecule has 114 valence electrons. The molecular formula is C18H19NO3. The summed E-state index contributed by atoms with van der Waals surface area (Å²) < 4.78 is 10.7. The van der Waals surface area contributed by atoms with E-state index in [-0.39, 0.29) is 5.63 Å². The zero-order valence-corrected chi connectivity index (χ0v) is 12.8. The summed E-state index contributed by atoms with van der Waals surface area (Å²) in [5.41, 5.74) is 2.50. The zero-order valence-electron chi connectivity index (χ0n) is 12.8. The fourth-order valence-corrected chi connectivity index (χ4v) is 2.64. The van der Waals surface area contributed by atoms with E-state index in [4.69, 9.17) is 8.83 Å². The first-order valence-corrected chi connectivity index (χ1v) is 7.42. The second-order valence-corrected chi connectivity index (χ2v) is 5.53.